The summed E-state index contributed by atoms with van der Waals surface area (Å²) in [5.41, 5.74) is 2.35. The van der Waals surface area contributed by atoms with E-state index in [1.807, 2.05) is 0 Å². The van der Waals surface area contributed by atoms with Crippen LogP contribution < -0.4 is 10.2 Å². The Morgan fingerprint density at radius 1 is 1.09 bits per heavy atom. The summed E-state index contributed by atoms with van der Waals surface area (Å²) < 4.78 is 28.0. The number of carbonyl (C=O) groups is 2. The molecule has 3 amide bonds. The molecule has 3 aromatic rings. The largest absolute Gasteiger partial charge is 0.323 e. The Kier molecular flexibility index (Phi) is 5.46. The van der Waals surface area contributed by atoms with Crippen molar-refractivity contribution in [3.05, 3.63) is 95.1 Å². The predicted molar refractivity (Wildman–Crippen MR) is 125 cm³/mol. The zero-order valence-electron chi connectivity index (χ0n) is 17.8. The molecule has 1 N–H and O–H groups in total. The zero-order valence-corrected chi connectivity index (χ0v) is 18.6. The van der Waals surface area contributed by atoms with E-state index in [-0.39, 0.29) is 24.7 Å². The molecule has 0 aromatic heterocycles. The molecule has 2 aliphatic heterocycles. The summed E-state index contributed by atoms with van der Waals surface area (Å²) in [5, 5.41) is 11.9. The number of halogens is 2. The molecule has 1 atom stereocenters. The Hall–Kier alpha value is -3.90. The normalized spacial score (nSPS) is 18.8. The van der Waals surface area contributed by atoms with Crippen molar-refractivity contribution in [3.8, 4) is 6.07 Å². The van der Waals surface area contributed by atoms with Gasteiger partial charge in [-0.15, -0.1) is 11.8 Å². The van der Waals surface area contributed by atoms with Crippen LogP contribution in [0.2, 0.25) is 0 Å². The van der Waals surface area contributed by atoms with Crippen LogP contribution in [0.25, 0.3) is 0 Å². The van der Waals surface area contributed by atoms with Gasteiger partial charge in [0.1, 0.15) is 11.6 Å². The molecule has 0 aliphatic carbocycles. The highest BCUT2D eigenvalue weighted by atomic mass is 32.2. The number of rotatable bonds is 3. The molecule has 6 nitrogen and oxygen atoms in total. The van der Waals surface area contributed by atoms with Crippen molar-refractivity contribution in [2.24, 2.45) is 0 Å². The minimum Gasteiger partial charge on any atom is -0.308 e. The Morgan fingerprint density at radius 3 is 2.68 bits per heavy atom. The molecule has 2 heterocycles. The Morgan fingerprint density at radius 2 is 1.88 bits per heavy atom. The number of nitriles is 1. The first kappa shape index (κ1) is 21.9. The highest BCUT2D eigenvalue weighted by molar-refractivity contribution is 8.01. The van der Waals surface area contributed by atoms with Crippen molar-refractivity contribution in [2.45, 2.75) is 11.4 Å². The fourth-order valence-electron chi connectivity index (χ4n) is 4.42. The van der Waals surface area contributed by atoms with Gasteiger partial charge in [0.05, 0.1) is 23.9 Å². The van der Waals surface area contributed by atoms with Gasteiger partial charge >= 0.3 is 6.03 Å². The van der Waals surface area contributed by atoms with E-state index in [1.54, 1.807) is 30.3 Å². The van der Waals surface area contributed by atoms with E-state index in [2.05, 4.69) is 11.4 Å². The number of thioether (sulfide) groups is 1. The van der Waals surface area contributed by atoms with Crippen molar-refractivity contribution in [1.29, 1.82) is 5.26 Å². The Labute approximate surface area is 198 Å². The molecular weight excluding hydrogens is 458 g/mol. The first-order valence-electron chi connectivity index (χ1n) is 10.5. The standard InChI is InChI=1S/C25H18F2N4O2S/c26-18-5-2-6-20(12-18)29-24(33)31-9-10-34-25(31)21-13-19(27)7-8-22(21)30(23(25)32)15-17-4-1-3-16(11-17)14-28/h1-8,11-13H,9-10,15H2,(H,29,33). The van der Waals surface area contributed by atoms with E-state index in [1.165, 1.54) is 58.0 Å². The second-order valence-corrected chi connectivity index (χ2v) is 9.24. The van der Waals surface area contributed by atoms with Crippen molar-refractivity contribution < 1.29 is 18.4 Å². The number of urea groups is 1. The van der Waals surface area contributed by atoms with E-state index in [4.69, 9.17) is 0 Å². The van der Waals surface area contributed by atoms with E-state index < -0.39 is 22.5 Å². The lowest BCUT2D eigenvalue weighted by atomic mass is 10.1. The van der Waals surface area contributed by atoms with E-state index in [0.717, 1.165) is 5.56 Å². The van der Waals surface area contributed by atoms with Crippen LogP contribution in [0.15, 0.2) is 66.7 Å². The number of carbonyl (C=O) groups excluding carboxylic acids is 2. The number of benzene rings is 3. The van der Waals surface area contributed by atoms with Gasteiger partial charge in [-0.05, 0) is 54.1 Å². The summed E-state index contributed by atoms with van der Waals surface area (Å²) in [7, 11) is 0. The summed E-state index contributed by atoms with van der Waals surface area (Å²) in [5.74, 6) is -0.918. The van der Waals surface area contributed by atoms with E-state index in [9.17, 15) is 23.6 Å². The maximum absolute atomic E-state index is 14.4. The van der Waals surface area contributed by atoms with Gasteiger partial charge < -0.3 is 10.2 Å². The number of nitrogens with one attached hydrogen (secondary N) is 1. The molecule has 34 heavy (non-hydrogen) atoms. The summed E-state index contributed by atoms with van der Waals surface area (Å²) in [6.45, 7) is 0.417. The number of amides is 3. The topological polar surface area (TPSA) is 76.4 Å². The molecule has 1 unspecified atom stereocenters. The maximum atomic E-state index is 14.4. The van der Waals surface area contributed by atoms with Gasteiger partial charge in [-0.1, -0.05) is 18.2 Å². The molecule has 3 aromatic carbocycles. The van der Waals surface area contributed by atoms with Crippen LogP contribution in [-0.2, 0) is 16.2 Å². The fraction of sp³-hybridized carbons (Fsp3) is 0.160. The molecule has 9 heteroatoms. The summed E-state index contributed by atoms with van der Waals surface area (Å²) in [6, 6.07) is 18.0. The van der Waals surface area contributed by atoms with Crippen LogP contribution in [0.4, 0.5) is 25.0 Å². The van der Waals surface area contributed by atoms with Gasteiger partial charge in [0, 0.05) is 23.5 Å². The summed E-state index contributed by atoms with van der Waals surface area (Å²) >= 11 is 1.26. The molecule has 5 rings (SSSR count). The highest BCUT2D eigenvalue weighted by Crippen LogP contribution is 2.54. The summed E-state index contributed by atoms with van der Waals surface area (Å²) in [6.07, 6.45) is 0. The third-order valence-electron chi connectivity index (χ3n) is 5.87. The number of fused-ring (bicyclic) bond motifs is 2. The van der Waals surface area contributed by atoms with Gasteiger partial charge in [-0.25, -0.2) is 13.6 Å². The van der Waals surface area contributed by atoms with Crippen LogP contribution in [0.5, 0.6) is 0 Å². The molecule has 1 saturated heterocycles. The lowest BCUT2D eigenvalue weighted by molar-refractivity contribution is -0.123. The monoisotopic (exact) mass is 476 g/mol. The SMILES string of the molecule is N#Cc1cccc(CN2C(=O)C3(SCCN3C(=O)Nc3cccc(F)c3)c3cc(F)ccc32)c1. The minimum atomic E-state index is -1.44. The van der Waals surface area contributed by atoms with Crippen LogP contribution in [-0.4, -0.2) is 29.1 Å². The summed E-state index contributed by atoms with van der Waals surface area (Å²) in [4.78, 5) is 28.6. The molecular formula is C25H18F2N4O2S. The number of hydrogen-bond acceptors (Lipinski definition) is 4. The quantitative estimate of drug-likeness (QED) is 0.588. The van der Waals surface area contributed by atoms with Crippen molar-refractivity contribution in [2.75, 3.05) is 22.5 Å². The van der Waals surface area contributed by atoms with Gasteiger partial charge in [0.2, 0.25) is 0 Å². The zero-order chi connectivity index (χ0) is 23.9. The van der Waals surface area contributed by atoms with Crippen molar-refractivity contribution in [3.63, 3.8) is 0 Å². The third kappa shape index (κ3) is 3.56. The van der Waals surface area contributed by atoms with Crippen LogP contribution in [0.1, 0.15) is 16.7 Å². The lowest BCUT2D eigenvalue weighted by Gasteiger charge is -2.33. The number of nitrogens with zero attached hydrogens (tertiary/aromatic N) is 3. The molecule has 170 valence electrons. The molecule has 0 saturated carbocycles. The molecule has 0 radical (unpaired) electrons. The maximum Gasteiger partial charge on any atom is 0.323 e. The lowest BCUT2D eigenvalue weighted by Crippen LogP contribution is -2.51. The molecule has 1 spiro atoms. The molecule has 0 bridgehead atoms. The fourth-order valence-corrected chi connectivity index (χ4v) is 5.88. The van der Waals surface area contributed by atoms with Gasteiger partial charge in [0.25, 0.3) is 5.91 Å². The molecule has 1 fully saturated rings. The first-order valence-corrected chi connectivity index (χ1v) is 11.5. The van der Waals surface area contributed by atoms with Crippen LogP contribution in [0, 0.1) is 23.0 Å². The van der Waals surface area contributed by atoms with Crippen LogP contribution in [0.3, 0.4) is 0 Å². The van der Waals surface area contributed by atoms with Crippen LogP contribution >= 0.6 is 11.8 Å². The number of anilines is 2. The van der Waals surface area contributed by atoms with E-state index in [0.29, 0.717) is 22.6 Å². The van der Waals surface area contributed by atoms with Crippen molar-refractivity contribution in [1.82, 2.24) is 4.90 Å². The van der Waals surface area contributed by atoms with Gasteiger partial charge in [-0.3, -0.25) is 9.69 Å². The third-order valence-corrected chi connectivity index (χ3v) is 7.29. The Balaban J connectivity index is 1.53. The highest BCUT2D eigenvalue weighted by Gasteiger charge is 2.59. The average Bonchev–Trinajstić information content (AvgIpc) is 3.36. The minimum absolute atomic E-state index is 0.161. The molecule has 2 aliphatic rings. The van der Waals surface area contributed by atoms with Gasteiger partial charge in [0.15, 0.2) is 4.87 Å². The first-order chi connectivity index (χ1) is 16.4. The van der Waals surface area contributed by atoms with E-state index >= 15 is 0 Å². The van der Waals surface area contributed by atoms with Gasteiger partial charge in [-0.2, -0.15) is 5.26 Å². The Bertz CT molecular complexity index is 1360. The predicted octanol–water partition coefficient (Wildman–Crippen LogP) is 4.82. The number of hydrogen-bond donors (Lipinski definition) is 1. The second-order valence-electron chi connectivity index (χ2n) is 7.95. The second kappa shape index (κ2) is 8.47. The smallest absolute Gasteiger partial charge is 0.308 e. The van der Waals surface area contributed by atoms with Crippen molar-refractivity contribution >= 4 is 35.1 Å². The average molecular weight is 477 g/mol.